The summed E-state index contributed by atoms with van der Waals surface area (Å²) in [4.78, 5) is 0. The summed E-state index contributed by atoms with van der Waals surface area (Å²) in [7, 11) is 0. The first-order valence-electron chi connectivity index (χ1n) is 10.1. The highest BCUT2D eigenvalue weighted by Crippen LogP contribution is 2.79. The van der Waals surface area contributed by atoms with E-state index in [1.54, 1.807) is 11.1 Å². The fraction of sp³-hybridized carbons (Fsp3) is 0.250. The lowest BCUT2D eigenvalue weighted by molar-refractivity contribution is 0.679. The number of nitrogens with one attached hydrogen (secondary N) is 2. The average Bonchev–Trinajstić information content (AvgIpc) is 3.42. The highest BCUT2D eigenvalue weighted by Gasteiger charge is 2.77. The van der Waals surface area contributed by atoms with Crippen molar-refractivity contribution in [1.29, 1.82) is 5.26 Å². The molecule has 1 saturated heterocycles. The van der Waals surface area contributed by atoms with Crippen LogP contribution in [0.3, 0.4) is 0 Å². The van der Waals surface area contributed by atoms with Gasteiger partial charge in [0.05, 0.1) is 23.0 Å². The molecule has 0 radical (unpaired) electrons. The molecule has 2 heterocycles. The minimum Gasteiger partial charge on any atom is -0.365 e. The first kappa shape index (κ1) is 16.6. The van der Waals surface area contributed by atoms with Gasteiger partial charge in [0.25, 0.3) is 0 Å². The molecule has 0 unspecified atom stereocenters. The maximum absolute atomic E-state index is 9.09. The molecule has 1 spiro atoms. The topological polar surface area (TPSA) is 65.7 Å². The molecule has 5 heteroatoms. The van der Waals surface area contributed by atoms with Gasteiger partial charge in [0.1, 0.15) is 5.82 Å². The van der Waals surface area contributed by atoms with Crippen molar-refractivity contribution in [3.63, 3.8) is 0 Å². The Morgan fingerprint density at radius 2 is 2.00 bits per heavy atom. The Kier molecular flexibility index (Phi) is 3.33. The standard InChI is InChI=1S/C24H21N5/c1-15-2-6-17(7-3-15)21-10-22(27-13-20-23-19-12-26-14-24(19,20)23)28-29(21)18-8-4-16(11-25)5-9-18/h2-10,19,26H,12-14H2,1H3,(H,27,28)/t19-,24+/m1/s1. The third-order valence-electron chi connectivity index (χ3n) is 6.64. The van der Waals surface area contributed by atoms with Crippen molar-refractivity contribution in [2.75, 3.05) is 25.0 Å². The van der Waals surface area contributed by atoms with E-state index >= 15 is 0 Å². The number of nitriles is 1. The number of aryl methyl sites for hydroxylation is 1. The van der Waals surface area contributed by atoms with E-state index in [0.717, 1.165) is 48.3 Å². The summed E-state index contributed by atoms with van der Waals surface area (Å²) in [6.07, 6.45) is 0. The lowest BCUT2D eigenvalue weighted by Gasteiger charge is -2.08. The minimum atomic E-state index is 0.447. The van der Waals surface area contributed by atoms with Gasteiger partial charge in [-0.1, -0.05) is 35.4 Å². The van der Waals surface area contributed by atoms with E-state index in [0.29, 0.717) is 11.0 Å². The Bertz CT molecular complexity index is 1190. The van der Waals surface area contributed by atoms with Gasteiger partial charge in [-0.15, -0.1) is 5.10 Å². The predicted molar refractivity (Wildman–Crippen MR) is 113 cm³/mol. The van der Waals surface area contributed by atoms with Crippen LogP contribution < -0.4 is 10.6 Å². The van der Waals surface area contributed by atoms with Gasteiger partial charge >= 0.3 is 0 Å². The Hall–Kier alpha value is -3.36. The number of fused-ring (bicyclic) bond motifs is 1. The first-order chi connectivity index (χ1) is 14.2. The van der Waals surface area contributed by atoms with Gasteiger partial charge in [-0.25, -0.2) is 4.68 Å². The maximum Gasteiger partial charge on any atom is 0.149 e. The largest absolute Gasteiger partial charge is 0.365 e. The number of aromatic nitrogens is 2. The number of anilines is 1. The van der Waals surface area contributed by atoms with Gasteiger partial charge in [0, 0.05) is 42.6 Å². The van der Waals surface area contributed by atoms with Crippen molar-refractivity contribution in [2.45, 2.75) is 6.92 Å². The summed E-state index contributed by atoms with van der Waals surface area (Å²) in [5.41, 5.74) is 8.70. The summed E-state index contributed by atoms with van der Waals surface area (Å²) in [5, 5.41) is 21.0. The van der Waals surface area contributed by atoms with Crippen LogP contribution in [0.25, 0.3) is 16.9 Å². The SMILES string of the molecule is Cc1ccc(-c2cc(NCC3=C4[C@H]5CNC[C@]345)nn2-c2ccc(C#N)cc2)cc1. The van der Waals surface area contributed by atoms with Crippen molar-refractivity contribution in [3.8, 4) is 23.0 Å². The zero-order valence-electron chi connectivity index (χ0n) is 16.2. The van der Waals surface area contributed by atoms with E-state index in [1.807, 2.05) is 28.9 Å². The third-order valence-corrected chi connectivity index (χ3v) is 6.64. The van der Waals surface area contributed by atoms with Crippen LogP contribution in [0.15, 0.2) is 65.7 Å². The van der Waals surface area contributed by atoms with Gasteiger partial charge in [0.15, 0.2) is 0 Å². The zero-order chi connectivity index (χ0) is 19.6. The molecule has 2 aromatic carbocycles. The Morgan fingerprint density at radius 1 is 1.21 bits per heavy atom. The normalized spacial score (nSPS) is 23.4. The average molecular weight is 379 g/mol. The van der Waals surface area contributed by atoms with E-state index in [-0.39, 0.29) is 0 Å². The van der Waals surface area contributed by atoms with Crippen molar-refractivity contribution in [2.24, 2.45) is 11.3 Å². The van der Waals surface area contributed by atoms with Crippen LogP contribution in [0.2, 0.25) is 0 Å². The molecule has 6 rings (SSSR count). The molecule has 3 aromatic rings. The lowest BCUT2D eigenvalue weighted by atomic mass is 10.0. The molecule has 29 heavy (non-hydrogen) atoms. The summed E-state index contributed by atoms with van der Waals surface area (Å²) in [6.45, 7) is 5.25. The molecule has 5 nitrogen and oxygen atoms in total. The number of nitrogens with zero attached hydrogens (tertiary/aromatic N) is 3. The van der Waals surface area contributed by atoms with Crippen LogP contribution >= 0.6 is 0 Å². The highest BCUT2D eigenvalue weighted by molar-refractivity contribution is 5.72. The molecule has 2 fully saturated rings. The van der Waals surface area contributed by atoms with E-state index in [9.17, 15) is 0 Å². The number of hydrogen-bond acceptors (Lipinski definition) is 4. The molecule has 1 saturated carbocycles. The highest BCUT2D eigenvalue weighted by atomic mass is 15.3. The Labute approximate surface area is 169 Å². The fourth-order valence-electron chi connectivity index (χ4n) is 4.92. The van der Waals surface area contributed by atoms with E-state index in [1.165, 1.54) is 5.56 Å². The van der Waals surface area contributed by atoms with Crippen molar-refractivity contribution >= 4 is 5.82 Å². The summed E-state index contributed by atoms with van der Waals surface area (Å²) >= 11 is 0. The molecule has 2 N–H and O–H groups in total. The summed E-state index contributed by atoms with van der Waals surface area (Å²) in [6, 6.07) is 20.3. The summed E-state index contributed by atoms with van der Waals surface area (Å²) in [5.74, 6) is 1.70. The maximum atomic E-state index is 9.09. The third kappa shape index (κ3) is 2.39. The van der Waals surface area contributed by atoms with Crippen LogP contribution in [-0.4, -0.2) is 29.4 Å². The molecule has 2 aliphatic carbocycles. The zero-order valence-corrected chi connectivity index (χ0v) is 16.2. The number of rotatable bonds is 5. The smallest absolute Gasteiger partial charge is 0.149 e. The quantitative estimate of drug-likeness (QED) is 0.664. The molecule has 142 valence electrons. The van der Waals surface area contributed by atoms with Crippen LogP contribution in [0, 0.1) is 29.6 Å². The number of piperidine rings is 1. The minimum absolute atomic E-state index is 0.447. The second kappa shape index (κ2) is 5.82. The summed E-state index contributed by atoms with van der Waals surface area (Å²) < 4.78 is 1.96. The molecule has 2 atom stereocenters. The molecule has 0 bridgehead atoms. The van der Waals surface area contributed by atoms with Crippen molar-refractivity contribution in [1.82, 2.24) is 15.1 Å². The van der Waals surface area contributed by atoms with Gasteiger partial charge in [-0.2, -0.15) is 5.26 Å². The monoisotopic (exact) mass is 379 g/mol. The van der Waals surface area contributed by atoms with Crippen LogP contribution in [-0.2, 0) is 0 Å². The second-order valence-electron chi connectivity index (χ2n) is 8.25. The van der Waals surface area contributed by atoms with Gasteiger partial charge in [0.2, 0.25) is 0 Å². The number of hydrogen-bond donors (Lipinski definition) is 2. The van der Waals surface area contributed by atoms with E-state index < -0.39 is 0 Å². The van der Waals surface area contributed by atoms with Crippen LogP contribution in [0.5, 0.6) is 0 Å². The molecule has 3 aliphatic rings. The Morgan fingerprint density at radius 3 is 2.69 bits per heavy atom. The lowest BCUT2D eigenvalue weighted by Crippen LogP contribution is -2.13. The first-order valence-corrected chi connectivity index (χ1v) is 10.1. The molecule has 0 amide bonds. The molecular weight excluding hydrogens is 358 g/mol. The van der Waals surface area contributed by atoms with Crippen molar-refractivity contribution < 1.29 is 0 Å². The van der Waals surface area contributed by atoms with Gasteiger partial charge in [-0.3, -0.25) is 0 Å². The Balaban J connectivity index is 1.32. The van der Waals surface area contributed by atoms with E-state index in [2.05, 4.69) is 54.0 Å². The fourth-order valence-corrected chi connectivity index (χ4v) is 4.92. The van der Waals surface area contributed by atoms with Crippen LogP contribution in [0.1, 0.15) is 11.1 Å². The predicted octanol–water partition coefficient (Wildman–Crippen LogP) is 3.66. The molecule has 1 aromatic heterocycles. The van der Waals surface area contributed by atoms with Crippen LogP contribution in [0.4, 0.5) is 5.82 Å². The second-order valence-corrected chi connectivity index (χ2v) is 8.25. The molecule has 1 aliphatic heterocycles. The van der Waals surface area contributed by atoms with Gasteiger partial charge < -0.3 is 10.6 Å². The molecular formula is C24H21N5. The van der Waals surface area contributed by atoms with Gasteiger partial charge in [-0.05, 0) is 36.8 Å². The van der Waals surface area contributed by atoms with Crippen molar-refractivity contribution in [3.05, 3.63) is 76.9 Å². The number of benzene rings is 2. The van der Waals surface area contributed by atoms with E-state index in [4.69, 9.17) is 10.4 Å².